The summed E-state index contributed by atoms with van der Waals surface area (Å²) < 4.78 is 6.87. The van der Waals surface area contributed by atoms with Gasteiger partial charge in [-0.1, -0.05) is 57.9 Å². The van der Waals surface area contributed by atoms with E-state index >= 15 is 0 Å². The fourth-order valence-electron chi connectivity index (χ4n) is 2.26. The lowest BCUT2D eigenvalue weighted by atomic mass is 10.0. The molecule has 0 radical (unpaired) electrons. The first-order valence-corrected chi connectivity index (χ1v) is 7.99. The normalized spacial score (nSPS) is 11.3. The largest absolute Gasteiger partial charge is 0.457 e. The second kappa shape index (κ2) is 6.68. The Morgan fingerprint density at radius 3 is 2.35 bits per heavy atom. The maximum atomic E-state index is 9.40. The molecule has 1 heterocycles. The van der Waals surface area contributed by atoms with Crippen molar-refractivity contribution in [1.82, 2.24) is 0 Å². The Balaban J connectivity index is 1.91. The van der Waals surface area contributed by atoms with Crippen LogP contribution in [0.4, 0.5) is 0 Å². The third kappa shape index (κ3) is 3.61. The van der Waals surface area contributed by atoms with Crippen molar-refractivity contribution in [2.45, 2.75) is 6.92 Å². The third-order valence-electron chi connectivity index (χ3n) is 3.53. The minimum absolute atomic E-state index is 0.585. The molecule has 0 atom stereocenters. The average molecular weight is 364 g/mol. The first kappa shape index (κ1) is 15.3. The number of aryl methyl sites for hydroxylation is 1. The van der Waals surface area contributed by atoms with Crippen LogP contribution in [-0.2, 0) is 0 Å². The molecule has 2 aromatic carbocycles. The Kier molecular flexibility index (Phi) is 4.45. The molecule has 0 spiro atoms. The molecule has 23 heavy (non-hydrogen) atoms. The summed E-state index contributed by atoms with van der Waals surface area (Å²) in [6.07, 6.45) is 1.77. The highest BCUT2D eigenvalue weighted by atomic mass is 79.9. The molecule has 0 amide bonds. The van der Waals surface area contributed by atoms with E-state index in [1.165, 1.54) is 5.56 Å². The molecule has 1 aromatic heterocycles. The SMILES string of the molecule is Cc1ccc(/C(C#N)=C/c2ccc(-c3ccc(Br)cc3)o2)cc1. The topological polar surface area (TPSA) is 36.9 Å². The maximum Gasteiger partial charge on any atom is 0.134 e. The van der Waals surface area contributed by atoms with Gasteiger partial charge in [-0.3, -0.25) is 0 Å². The van der Waals surface area contributed by atoms with Crippen molar-refractivity contribution in [3.8, 4) is 17.4 Å². The zero-order valence-corrected chi connectivity index (χ0v) is 14.2. The second-order valence-electron chi connectivity index (χ2n) is 5.24. The summed E-state index contributed by atoms with van der Waals surface area (Å²) in [5.41, 5.74) is 3.64. The summed E-state index contributed by atoms with van der Waals surface area (Å²) in [7, 11) is 0. The number of hydrogen-bond donors (Lipinski definition) is 0. The molecule has 0 saturated heterocycles. The van der Waals surface area contributed by atoms with Gasteiger partial charge in [-0.15, -0.1) is 0 Å². The van der Waals surface area contributed by atoms with E-state index in [1.54, 1.807) is 6.08 Å². The van der Waals surface area contributed by atoms with Crippen LogP contribution in [0.1, 0.15) is 16.9 Å². The van der Waals surface area contributed by atoms with Gasteiger partial charge in [0.25, 0.3) is 0 Å². The molecule has 3 heteroatoms. The van der Waals surface area contributed by atoms with Crippen LogP contribution in [0, 0.1) is 18.3 Å². The molecule has 112 valence electrons. The van der Waals surface area contributed by atoms with E-state index in [9.17, 15) is 5.26 Å². The van der Waals surface area contributed by atoms with Crippen molar-refractivity contribution in [3.63, 3.8) is 0 Å². The molecule has 0 aliphatic heterocycles. The molecular formula is C20H14BrNO. The Labute approximate surface area is 143 Å². The highest BCUT2D eigenvalue weighted by Crippen LogP contribution is 2.26. The molecule has 0 N–H and O–H groups in total. The molecule has 0 unspecified atom stereocenters. The molecule has 2 nitrogen and oxygen atoms in total. The van der Waals surface area contributed by atoms with Crippen molar-refractivity contribution in [3.05, 3.63) is 82.0 Å². The van der Waals surface area contributed by atoms with E-state index in [2.05, 4.69) is 22.0 Å². The summed E-state index contributed by atoms with van der Waals surface area (Å²) in [4.78, 5) is 0. The first-order chi connectivity index (χ1) is 11.2. The fraction of sp³-hybridized carbons (Fsp3) is 0.0500. The summed E-state index contributed by atoms with van der Waals surface area (Å²) in [5, 5.41) is 9.40. The van der Waals surface area contributed by atoms with Gasteiger partial charge in [-0.2, -0.15) is 5.26 Å². The smallest absolute Gasteiger partial charge is 0.134 e. The summed E-state index contributed by atoms with van der Waals surface area (Å²) in [6.45, 7) is 2.02. The highest BCUT2D eigenvalue weighted by Gasteiger charge is 2.06. The summed E-state index contributed by atoms with van der Waals surface area (Å²) >= 11 is 3.42. The number of hydrogen-bond acceptors (Lipinski definition) is 2. The van der Waals surface area contributed by atoms with E-state index in [1.807, 2.05) is 67.6 Å². The number of furan rings is 1. The quantitative estimate of drug-likeness (QED) is 0.528. The van der Waals surface area contributed by atoms with Crippen molar-refractivity contribution < 1.29 is 4.42 Å². The summed E-state index contributed by atoms with van der Waals surface area (Å²) in [5.74, 6) is 1.45. The molecule has 0 saturated carbocycles. The minimum Gasteiger partial charge on any atom is -0.457 e. The molecule has 0 aliphatic carbocycles. The molecule has 3 rings (SSSR count). The molecule has 0 aliphatic rings. The highest BCUT2D eigenvalue weighted by molar-refractivity contribution is 9.10. The van der Waals surface area contributed by atoms with Crippen LogP contribution in [0.3, 0.4) is 0 Å². The van der Waals surface area contributed by atoms with Gasteiger partial charge >= 0.3 is 0 Å². The minimum atomic E-state index is 0.585. The van der Waals surface area contributed by atoms with E-state index in [0.717, 1.165) is 21.4 Å². The number of rotatable bonds is 3. The average Bonchev–Trinajstić information content (AvgIpc) is 3.03. The van der Waals surface area contributed by atoms with Gasteiger partial charge in [0.15, 0.2) is 0 Å². The first-order valence-electron chi connectivity index (χ1n) is 7.20. The lowest BCUT2D eigenvalue weighted by Gasteiger charge is -1.99. The van der Waals surface area contributed by atoms with Crippen LogP contribution in [-0.4, -0.2) is 0 Å². The Morgan fingerprint density at radius 2 is 1.70 bits per heavy atom. The second-order valence-corrected chi connectivity index (χ2v) is 6.16. The molecule has 3 aromatic rings. The van der Waals surface area contributed by atoms with Crippen LogP contribution < -0.4 is 0 Å². The van der Waals surface area contributed by atoms with Crippen LogP contribution >= 0.6 is 15.9 Å². The standard InChI is InChI=1S/C20H14BrNO/c1-14-2-4-15(5-3-14)17(13-22)12-19-10-11-20(23-19)16-6-8-18(21)9-7-16/h2-12H,1H3/b17-12+. The number of allylic oxidation sites excluding steroid dienone is 1. The fourth-order valence-corrected chi connectivity index (χ4v) is 2.52. The molecule has 0 fully saturated rings. The zero-order valence-electron chi connectivity index (χ0n) is 12.6. The van der Waals surface area contributed by atoms with Crippen LogP contribution in [0.2, 0.25) is 0 Å². The van der Waals surface area contributed by atoms with Gasteiger partial charge in [0.05, 0.1) is 11.6 Å². The van der Waals surface area contributed by atoms with Gasteiger partial charge in [0, 0.05) is 10.0 Å². The van der Waals surface area contributed by atoms with Crippen molar-refractivity contribution in [1.29, 1.82) is 5.26 Å². The Bertz CT molecular complexity index is 881. The van der Waals surface area contributed by atoms with Crippen molar-refractivity contribution in [2.75, 3.05) is 0 Å². The van der Waals surface area contributed by atoms with Gasteiger partial charge < -0.3 is 4.42 Å². The van der Waals surface area contributed by atoms with Gasteiger partial charge in [0.2, 0.25) is 0 Å². The van der Waals surface area contributed by atoms with E-state index in [-0.39, 0.29) is 0 Å². The van der Waals surface area contributed by atoms with Gasteiger partial charge in [0.1, 0.15) is 11.5 Å². The van der Waals surface area contributed by atoms with E-state index in [4.69, 9.17) is 4.42 Å². The number of nitriles is 1. The van der Waals surface area contributed by atoms with Crippen molar-refractivity contribution >= 4 is 27.6 Å². The number of nitrogens with zero attached hydrogens (tertiary/aromatic N) is 1. The number of benzene rings is 2. The molecule has 0 bridgehead atoms. The van der Waals surface area contributed by atoms with Crippen LogP contribution in [0.15, 0.2) is 69.6 Å². The van der Waals surface area contributed by atoms with E-state index in [0.29, 0.717) is 11.3 Å². The zero-order chi connectivity index (χ0) is 16.2. The maximum absolute atomic E-state index is 9.40. The predicted octanol–water partition coefficient (Wildman–Crippen LogP) is 6.08. The number of halogens is 1. The van der Waals surface area contributed by atoms with Crippen LogP contribution in [0.5, 0.6) is 0 Å². The van der Waals surface area contributed by atoms with E-state index < -0.39 is 0 Å². The lowest BCUT2D eigenvalue weighted by molar-refractivity contribution is 0.572. The Hall–Kier alpha value is -2.57. The predicted molar refractivity (Wildman–Crippen MR) is 96.5 cm³/mol. The van der Waals surface area contributed by atoms with Crippen molar-refractivity contribution in [2.24, 2.45) is 0 Å². The van der Waals surface area contributed by atoms with Gasteiger partial charge in [-0.25, -0.2) is 0 Å². The third-order valence-corrected chi connectivity index (χ3v) is 4.05. The van der Waals surface area contributed by atoms with Gasteiger partial charge in [-0.05, 0) is 42.8 Å². The Morgan fingerprint density at radius 1 is 1.00 bits per heavy atom. The summed E-state index contributed by atoms with van der Waals surface area (Å²) in [6, 6.07) is 21.8. The monoisotopic (exact) mass is 363 g/mol. The molecular weight excluding hydrogens is 350 g/mol. The van der Waals surface area contributed by atoms with Crippen LogP contribution in [0.25, 0.3) is 23.0 Å². The lowest BCUT2D eigenvalue weighted by Crippen LogP contribution is -1.81.